The summed E-state index contributed by atoms with van der Waals surface area (Å²) < 4.78 is 10.4. The first-order chi connectivity index (χ1) is 12.5. The van der Waals surface area contributed by atoms with Gasteiger partial charge in [0.2, 0.25) is 0 Å². The van der Waals surface area contributed by atoms with E-state index in [0.29, 0.717) is 35.1 Å². The molecule has 1 N–H and O–H groups in total. The Bertz CT molecular complexity index is 859. The molecule has 0 aromatic heterocycles. The number of aromatic hydroxyl groups is 1. The summed E-state index contributed by atoms with van der Waals surface area (Å²) >= 11 is 0. The Morgan fingerprint density at radius 3 is 2.58 bits per heavy atom. The zero-order valence-corrected chi connectivity index (χ0v) is 15.0. The third-order valence-corrected chi connectivity index (χ3v) is 4.37. The van der Waals surface area contributed by atoms with E-state index in [1.165, 1.54) is 14.2 Å². The van der Waals surface area contributed by atoms with Gasteiger partial charge < -0.3 is 19.4 Å². The van der Waals surface area contributed by atoms with E-state index in [2.05, 4.69) is 12.1 Å². The average Bonchev–Trinajstić information content (AvgIpc) is 2.64. The summed E-state index contributed by atoms with van der Waals surface area (Å²) in [5.41, 5.74) is 2.93. The van der Waals surface area contributed by atoms with E-state index in [1.54, 1.807) is 36.4 Å². The Kier molecular flexibility index (Phi) is 5.11. The van der Waals surface area contributed by atoms with Gasteiger partial charge in [-0.05, 0) is 60.7 Å². The SMILES string of the molecule is COc1ccc(C(=O)O/N=C2/C[C@H](C)Cc3cc(O)ccc32)cc1OC. The van der Waals surface area contributed by atoms with Gasteiger partial charge in [0, 0.05) is 5.56 Å². The molecule has 2 aromatic carbocycles. The van der Waals surface area contributed by atoms with Crippen molar-refractivity contribution in [2.75, 3.05) is 14.2 Å². The molecule has 0 saturated carbocycles. The van der Waals surface area contributed by atoms with E-state index in [4.69, 9.17) is 14.3 Å². The normalized spacial score (nSPS) is 17.5. The summed E-state index contributed by atoms with van der Waals surface area (Å²) in [6.07, 6.45) is 1.56. The highest BCUT2D eigenvalue weighted by Crippen LogP contribution is 2.30. The van der Waals surface area contributed by atoms with Gasteiger partial charge in [0.25, 0.3) is 0 Å². The van der Waals surface area contributed by atoms with E-state index in [0.717, 1.165) is 17.5 Å². The third kappa shape index (κ3) is 3.64. The maximum absolute atomic E-state index is 12.3. The number of fused-ring (bicyclic) bond motifs is 1. The number of nitrogens with zero attached hydrogens (tertiary/aromatic N) is 1. The zero-order valence-electron chi connectivity index (χ0n) is 15.0. The van der Waals surface area contributed by atoms with Crippen LogP contribution < -0.4 is 9.47 Å². The van der Waals surface area contributed by atoms with E-state index in [9.17, 15) is 9.90 Å². The smallest absolute Gasteiger partial charge is 0.365 e. The number of ether oxygens (including phenoxy) is 2. The van der Waals surface area contributed by atoms with Crippen LogP contribution in [0.3, 0.4) is 0 Å². The lowest BCUT2D eigenvalue weighted by molar-refractivity contribution is 0.0514. The Hall–Kier alpha value is -3.02. The number of phenols is 1. The molecule has 3 rings (SSSR count). The van der Waals surface area contributed by atoms with Crippen molar-refractivity contribution in [1.29, 1.82) is 0 Å². The molecule has 26 heavy (non-hydrogen) atoms. The van der Waals surface area contributed by atoms with Crippen molar-refractivity contribution in [3.63, 3.8) is 0 Å². The summed E-state index contributed by atoms with van der Waals surface area (Å²) in [6.45, 7) is 2.10. The van der Waals surface area contributed by atoms with Crippen LogP contribution in [-0.4, -0.2) is 31.0 Å². The molecule has 0 saturated heterocycles. The maximum Gasteiger partial charge on any atom is 0.365 e. The maximum atomic E-state index is 12.3. The highest BCUT2D eigenvalue weighted by molar-refractivity contribution is 6.03. The fourth-order valence-corrected chi connectivity index (χ4v) is 3.12. The van der Waals surface area contributed by atoms with Crippen LogP contribution in [-0.2, 0) is 11.3 Å². The molecule has 6 nitrogen and oxygen atoms in total. The molecule has 1 aliphatic carbocycles. The number of benzene rings is 2. The van der Waals surface area contributed by atoms with Crippen molar-refractivity contribution in [3.8, 4) is 17.2 Å². The standard InChI is InChI=1S/C20H21NO5/c1-12-8-14-10-15(22)5-6-16(14)17(9-12)21-26-20(23)13-4-7-18(24-2)19(11-13)25-3/h4-7,10-12,22H,8-9H2,1-3H3/b21-17-/t12-/m1/s1. The number of oxime groups is 1. The largest absolute Gasteiger partial charge is 0.508 e. The molecule has 0 unspecified atom stereocenters. The fraction of sp³-hybridized carbons (Fsp3) is 0.300. The van der Waals surface area contributed by atoms with Crippen LogP contribution in [0.15, 0.2) is 41.6 Å². The van der Waals surface area contributed by atoms with Crippen molar-refractivity contribution in [3.05, 3.63) is 53.1 Å². The molecule has 1 atom stereocenters. The van der Waals surface area contributed by atoms with E-state index < -0.39 is 5.97 Å². The van der Waals surface area contributed by atoms with Crippen LogP contribution in [0.1, 0.15) is 34.8 Å². The van der Waals surface area contributed by atoms with E-state index in [1.807, 2.05) is 0 Å². The minimum atomic E-state index is -0.572. The number of carbonyl (C=O) groups is 1. The van der Waals surface area contributed by atoms with Crippen molar-refractivity contribution in [1.82, 2.24) is 0 Å². The highest BCUT2D eigenvalue weighted by Gasteiger charge is 2.22. The van der Waals surface area contributed by atoms with Gasteiger partial charge in [-0.2, -0.15) is 0 Å². The lowest BCUT2D eigenvalue weighted by Gasteiger charge is -2.22. The lowest BCUT2D eigenvalue weighted by Crippen LogP contribution is -2.19. The van der Waals surface area contributed by atoms with Crippen LogP contribution in [0.2, 0.25) is 0 Å². The monoisotopic (exact) mass is 355 g/mol. The van der Waals surface area contributed by atoms with Crippen molar-refractivity contribution < 1.29 is 24.2 Å². The molecule has 0 heterocycles. The minimum absolute atomic E-state index is 0.222. The number of hydrogen-bond acceptors (Lipinski definition) is 6. The van der Waals surface area contributed by atoms with Gasteiger partial charge in [0.05, 0.1) is 25.5 Å². The Labute approximate surface area is 152 Å². The van der Waals surface area contributed by atoms with Crippen molar-refractivity contribution in [2.24, 2.45) is 11.1 Å². The predicted molar refractivity (Wildman–Crippen MR) is 97.1 cm³/mol. The number of rotatable bonds is 4. The molecule has 136 valence electrons. The van der Waals surface area contributed by atoms with Crippen LogP contribution in [0.4, 0.5) is 0 Å². The second-order valence-corrected chi connectivity index (χ2v) is 6.34. The van der Waals surface area contributed by atoms with Crippen molar-refractivity contribution in [2.45, 2.75) is 19.8 Å². The number of carbonyl (C=O) groups excluding carboxylic acids is 1. The zero-order chi connectivity index (χ0) is 18.7. The first-order valence-electron chi connectivity index (χ1n) is 8.34. The first kappa shape index (κ1) is 17.8. The molecule has 0 amide bonds. The number of phenolic OH excluding ortho intramolecular Hbond substituents is 1. The second kappa shape index (κ2) is 7.47. The van der Waals surface area contributed by atoms with E-state index in [-0.39, 0.29) is 5.75 Å². The Morgan fingerprint density at radius 2 is 1.85 bits per heavy atom. The molecule has 0 aliphatic heterocycles. The topological polar surface area (TPSA) is 77.4 Å². The van der Waals surface area contributed by atoms with Gasteiger partial charge in [0.15, 0.2) is 11.5 Å². The minimum Gasteiger partial charge on any atom is -0.508 e. The van der Waals surface area contributed by atoms with Gasteiger partial charge in [-0.3, -0.25) is 0 Å². The highest BCUT2D eigenvalue weighted by atomic mass is 16.7. The molecule has 0 bridgehead atoms. The fourth-order valence-electron chi connectivity index (χ4n) is 3.12. The number of methoxy groups -OCH3 is 2. The van der Waals surface area contributed by atoms with Gasteiger partial charge in [0.1, 0.15) is 5.75 Å². The van der Waals surface area contributed by atoms with Gasteiger partial charge in [-0.1, -0.05) is 12.1 Å². The Balaban J connectivity index is 1.83. The molecule has 1 aliphatic rings. The summed E-state index contributed by atoms with van der Waals surface area (Å²) in [4.78, 5) is 17.5. The molecular formula is C20H21NO5. The van der Waals surface area contributed by atoms with Crippen LogP contribution in [0.25, 0.3) is 0 Å². The first-order valence-corrected chi connectivity index (χ1v) is 8.34. The van der Waals surface area contributed by atoms with Crippen molar-refractivity contribution >= 4 is 11.7 Å². The Morgan fingerprint density at radius 1 is 1.08 bits per heavy atom. The summed E-state index contributed by atoms with van der Waals surface area (Å²) in [5.74, 6) is 0.978. The molecule has 0 radical (unpaired) electrons. The van der Waals surface area contributed by atoms with Crippen LogP contribution in [0, 0.1) is 5.92 Å². The molecule has 0 fully saturated rings. The number of hydrogen-bond donors (Lipinski definition) is 1. The summed E-state index contributed by atoms with van der Waals surface area (Å²) in [6, 6.07) is 9.94. The third-order valence-electron chi connectivity index (χ3n) is 4.37. The lowest BCUT2D eigenvalue weighted by atomic mass is 9.83. The molecule has 2 aromatic rings. The summed E-state index contributed by atoms with van der Waals surface area (Å²) in [5, 5.41) is 13.8. The van der Waals surface area contributed by atoms with Gasteiger partial charge >= 0.3 is 5.97 Å². The molecule has 6 heteroatoms. The van der Waals surface area contributed by atoms with Crippen LogP contribution >= 0.6 is 0 Å². The van der Waals surface area contributed by atoms with Gasteiger partial charge in [-0.15, -0.1) is 0 Å². The van der Waals surface area contributed by atoms with E-state index >= 15 is 0 Å². The van der Waals surface area contributed by atoms with Gasteiger partial charge in [-0.25, -0.2) is 4.79 Å². The molecule has 0 spiro atoms. The second-order valence-electron chi connectivity index (χ2n) is 6.34. The molecular weight excluding hydrogens is 334 g/mol. The van der Waals surface area contributed by atoms with Crippen LogP contribution in [0.5, 0.6) is 17.2 Å². The summed E-state index contributed by atoms with van der Waals surface area (Å²) in [7, 11) is 3.03. The average molecular weight is 355 g/mol. The quantitative estimate of drug-likeness (QED) is 0.670. The predicted octanol–water partition coefficient (Wildman–Crippen LogP) is 3.55.